The number of guanidine groups is 1. The fourth-order valence-electron chi connectivity index (χ4n) is 3.27. The number of amides is 3. The van der Waals surface area contributed by atoms with Gasteiger partial charge in [0.25, 0.3) is 0 Å². The number of nitrogens with one attached hydrogen (secondary N) is 3. The number of carbonyl (C=O) groups is 4. The second-order valence-corrected chi connectivity index (χ2v) is 9.36. The minimum atomic E-state index is -1.16. The van der Waals surface area contributed by atoms with E-state index in [2.05, 4.69) is 20.9 Å². The molecular weight excluding hydrogens is 454 g/mol. The van der Waals surface area contributed by atoms with Crippen LogP contribution in [0.3, 0.4) is 0 Å². The first-order valence-electron chi connectivity index (χ1n) is 12.2. The normalized spacial score (nSPS) is 16.2. The molecule has 3 amide bonds. The molecule has 0 aliphatic carbocycles. The monoisotopic (exact) mass is 499 g/mol. The fraction of sp³-hybridized carbons (Fsp3) is 0.783. The van der Waals surface area contributed by atoms with Crippen molar-refractivity contribution in [2.24, 2.45) is 39.9 Å². The Hall–Kier alpha value is -2.89. The van der Waals surface area contributed by atoms with Gasteiger partial charge in [0, 0.05) is 6.54 Å². The lowest BCUT2D eigenvalue weighted by Crippen LogP contribution is -2.59. The van der Waals surface area contributed by atoms with Crippen molar-refractivity contribution in [3.8, 4) is 0 Å². The first-order chi connectivity index (χ1) is 16.3. The minimum absolute atomic E-state index is 0.0829. The zero-order valence-corrected chi connectivity index (χ0v) is 21.8. The van der Waals surface area contributed by atoms with Crippen molar-refractivity contribution in [2.45, 2.75) is 91.4 Å². The standard InChI is InChI=1S/C23H45N7O5/c1-7-13(5)16(24)20(32)28-15(10-9-11-27-23(25)26)19(31)30-18(14(6)8-2)21(33)29-17(12(3)4)22(34)35/h12-18H,7-11,24H2,1-6H3,(H,28,32)(H,29,33)(H,30,31)(H,34,35)(H4,25,26,27). The molecule has 0 saturated heterocycles. The van der Waals surface area contributed by atoms with Crippen LogP contribution >= 0.6 is 0 Å². The van der Waals surface area contributed by atoms with E-state index in [1.165, 1.54) is 0 Å². The molecule has 0 aromatic rings. The van der Waals surface area contributed by atoms with Gasteiger partial charge in [0.15, 0.2) is 5.96 Å². The maximum absolute atomic E-state index is 13.2. The molecule has 6 unspecified atom stereocenters. The topological polar surface area (TPSA) is 215 Å². The van der Waals surface area contributed by atoms with Gasteiger partial charge in [0.1, 0.15) is 18.1 Å². The van der Waals surface area contributed by atoms with Crippen LogP contribution in [-0.4, -0.2) is 65.5 Å². The molecule has 0 aliphatic heterocycles. The lowest BCUT2D eigenvalue weighted by Gasteiger charge is -2.29. The molecule has 202 valence electrons. The molecule has 10 N–H and O–H groups in total. The maximum atomic E-state index is 13.2. The number of aliphatic carboxylic acids is 1. The van der Waals surface area contributed by atoms with E-state index in [9.17, 15) is 24.3 Å². The van der Waals surface area contributed by atoms with E-state index in [-0.39, 0.29) is 36.7 Å². The summed E-state index contributed by atoms with van der Waals surface area (Å²) < 4.78 is 0. The van der Waals surface area contributed by atoms with Crippen LogP contribution in [-0.2, 0) is 19.2 Å². The van der Waals surface area contributed by atoms with Gasteiger partial charge < -0.3 is 38.3 Å². The molecule has 0 aromatic carbocycles. The first kappa shape index (κ1) is 32.1. The van der Waals surface area contributed by atoms with E-state index in [1.807, 2.05) is 20.8 Å². The largest absolute Gasteiger partial charge is 0.480 e. The number of carbonyl (C=O) groups excluding carboxylic acids is 3. The highest BCUT2D eigenvalue weighted by Crippen LogP contribution is 2.12. The third kappa shape index (κ3) is 11.4. The lowest BCUT2D eigenvalue weighted by molar-refractivity contribution is -0.144. The van der Waals surface area contributed by atoms with Gasteiger partial charge in [0.2, 0.25) is 17.7 Å². The number of carboxylic acids is 1. The van der Waals surface area contributed by atoms with Gasteiger partial charge in [-0.1, -0.05) is 54.4 Å². The molecule has 0 bridgehead atoms. The summed E-state index contributed by atoms with van der Waals surface area (Å²) in [4.78, 5) is 54.3. The van der Waals surface area contributed by atoms with Gasteiger partial charge in [-0.3, -0.25) is 19.4 Å². The quantitative estimate of drug-likeness (QED) is 0.0844. The number of aliphatic imine (C=N–C) groups is 1. The lowest BCUT2D eigenvalue weighted by atomic mass is 9.96. The third-order valence-electron chi connectivity index (χ3n) is 6.16. The summed E-state index contributed by atoms with van der Waals surface area (Å²) in [6.07, 6.45) is 1.84. The van der Waals surface area contributed by atoms with E-state index in [4.69, 9.17) is 17.2 Å². The molecule has 12 nitrogen and oxygen atoms in total. The minimum Gasteiger partial charge on any atom is -0.480 e. The molecule has 0 rings (SSSR count). The number of nitrogens with zero attached hydrogens (tertiary/aromatic N) is 1. The van der Waals surface area contributed by atoms with Crippen molar-refractivity contribution >= 4 is 29.7 Å². The van der Waals surface area contributed by atoms with Crippen LogP contribution < -0.4 is 33.2 Å². The van der Waals surface area contributed by atoms with Crippen molar-refractivity contribution in [2.75, 3.05) is 6.54 Å². The predicted octanol–water partition coefficient (Wildman–Crippen LogP) is -0.345. The molecule has 35 heavy (non-hydrogen) atoms. The maximum Gasteiger partial charge on any atom is 0.326 e. The van der Waals surface area contributed by atoms with Crippen molar-refractivity contribution in [3.05, 3.63) is 0 Å². The highest BCUT2D eigenvalue weighted by molar-refractivity contribution is 5.94. The Morgan fingerprint density at radius 3 is 1.83 bits per heavy atom. The molecule has 0 aliphatic rings. The predicted molar refractivity (Wildman–Crippen MR) is 135 cm³/mol. The summed E-state index contributed by atoms with van der Waals surface area (Å²) in [5.74, 6) is -3.63. The summed E-state index contributed by atoms with van der Waals surface area (Å²) in [5.41, 5.74) is 16.7. The second-order valence-electron chi connectivity index (χ2n) is 9.36. The Morgan fingerprint density at radius 2 is 1.37 bits per heavy atom. The molecule has 12 heteroatoms. The molecule has 0 fully saturated rings. The van der Waals surface area contributed by atoms with E-state index in [1.54, 1.807) is 20.8 Å². The zero-order chi connectivity index (χ0) is 27.3. The molecule has 0 heterocycles. The smallest absolute Gasteiger partial charge is 0.326 e. The Balaban J connectivity index is 5.69. The van der Waals surface area contributed by atoms with Gasteiger partial charge in [0.05, 0.1) is 6.04 Å². The van der Waals surface area contributed by atoms with Crippen molar-refractivity contribution < 1.29 is 24.3 Å². The van der Waals surface area contributed by atoms with Crippen molar-refractivity contribution in [1.82, 2.24) is 16.0 Å². The van der Waals surface area contributed by atoms with Crippen LogP contribution in [0.15, 0.2) is 4.99 Å². The molecule has 0 radical (unpaired) electrons. The summed E-state index contributed by atoms with van der Waals surface area (Å²) in [6, 6.07) is -3.88. The molecule has 0 spiro atoms. The van der Waals surface area contributed by atoms with Gasteiger partial charge >= 0.3 is 5.97 Å². The Kier molecular flexibility index (Phi) is 14.6. The van der Waals surface area contributed by atoms with Crippen molar-refractivity contribution in [3.63, 3.8) is 0 Å². The summed E-state index contributed by atoms with van der Waals surface area (Å²) >= 11 is 0. The van der Waals surface area contributed by atoms with E-state index in [0.717, 1.165) is 0 Å². The molecule has 0 saturated carbocycles. The molecule has 6 atom stereocenters. The van der Waals surface area contributed by atoms with Gasteiger partial charge in [-0.25, -0.2) is 4.79 Å². The number of nitrogens with two attached hydrogens (primary N) is 3. The molecule has 0 aromatic heterocycles. The highest BCUT2D eigenvalue weighted by atomic mass is 16.4. The summed E-state index contributed by atoms with van der Waals surface area (Å²) in [6.45, 7) is 11.0. The van der Waals surface area contributed by atoms with Crippen molar-refractivity contribution in [1.29, 1.82) is 0 Å². The summed E-state index contributed by atoms with van der Waals surface area (Å²) in [5, 5.41) is 17.3. The van der Waals surface area contributed by atoms with Crippen LogP contribution in [0.5, 0.6) is 0 Å². The number of hydrogen-bond donors (Lipinski definition) is 7. The van der Waals surface area contributed by atoms with Gasteiger partial charge in [-0.2, -0.15) is 0 Å². The van der Waals surface area contributed by atoms with Gasteiger partial charge in [-0.15, -0.1) is 0 Å². The van der Waals surface area contributed by atoms with Gasteiger partial charge in [-0.05, 0) is 30.6 Å². The van der Waals surface area contributed by atoms with Crippen LogP contribution in [0.2, 0.25) is 0 Å². The first-order valence-corrected chi connectivity index (χ1v) is 12.2. The summed E-state index contributed by atoms with van der Waals surface area (Å²) in [7, 11) is 0. The average molecular weight is 500 g/mol. The van der Waals surface area contributed by atoms with E-state index < -0.39 is 47.9 Å². The van der Waals surface area contributed by atoms with E-state index >= 15 is 0 Å². The van der Waals surface area contributed by atoms with E-state index in [0.29, 0.717) is 19.3 Å². The van der Waals surface area contributed by atoms with Crippen LogP contribution in [0.1, 0.15) is 67.2 Å². The SMILES string of the molecule is CCC(C)C(N)C(=O)NC(CCCN=C(N)N)C(=O)NC(C(=O)NC(C(=O)O)C(C)C)C(C)CC. The number of rotatable bonds is 16. The number of hydrogen-bond acceptors (Lipinski definition) is 6. The third-order valence-corrected chi connectivity index (χ3v) is 6.16. The highest BCUT2D eigenvalue weighted by Gasteiger charge is 2.33. The zero-order valence-electron chi connectivity index (χ0n) is 21.8. The Bertz CT molecular complexity index is 740. The Labute approximate surface area is 208 Å². The van der Waals surface area contributed by atoms with Crippen LogP contribution in [0, 0.1) is 17.8 Å². The number of carboxylic acid groups (broad SMARTS) is 1. The average Bonchev–Trinajstić information content (AvgIpc) is 2.79. The Morgan fingerprint density at radius 1 is 0.829 bits per heavy atom. The fourth-order valence-corrected chi connectivity index (χ4v) is 3.27. The molecular formula is C23H45N7O5. The van der Waals surface area contributed by atoms with Crippen LogP contribution in [0.25, 0.3) is 0 Å². The van der Waals surface area contributed by atoms with Crippen LogP contribution in [0.4, 0.5) is 0 Å². The second kappa shape index (κ2) is 15.9.